The van der Waals surface area contributed by atoms with Crippen molar-refractivity contribution in [3.8, 4) is 5.88 Å². The van der Waals surface area contributed by atoms with Gasteiger partial charge in [-0.25, -0.2) is 9.98 Å². The standard InChI is InChI=1S/C18H24N4O/c1-4-19-18(22-13-16-8-6-5-7-14(16)2)21-12-15-9-10-17(23-3)20-11-15/h5-11H,4,12-13H2,1-3H3,(H2,19,21,22). The number of pyridine rings is 1. The fourth-order valence-corrected chi connectivity index (χ4v) is 2.12. The Bertz CT molecular complexity index is 638. The zero-order valence-corrected chi connectivity index (χ0v) is 14.0. The molecular weight excluding hydrogens is 288 g/mol. The molecule has 0 aliphatic heterocycles. The zero-order chi connectivity index (χ0) is 16.5. The van der Waals surface area contributed by atoms with Crippen molar-refractivity contribution in [2.45, 2.75) is 26.9 Å². The summed E-state index contributed by atoms with van der Waals surface area (Å²) in [5, 5.41) is 6.62. The van der Waals surface area contributed by atoms with Crippen molar-refractivity contribution in [1.82, 2.24) is 15.6 Å². The minimum absolute atomic E-state index is 0.570. The predicted molar refractivity (Wildman–Crippen MR) is 93.6 cm³/mol. The van der Waals surface area contributed by atoms with Crippen molar-refractivity contribution in [3.05, 3.63) is 59.3 Å². The first kappa shape index (κ1) is 16.8. The minimum atomic E-state index is 0.570. The summed E-state index contributed by atoms with van der Waals surface area (Å²) < 4.78 is 5.06. The molecule has 0 saturated carbocycles. The number of ether oxygens (including phenoxy) is 1. The van der Waals surface area contributed by atoms with Crippen LogP contribution in [0.3, 0.4) is 0 Å². The summed E-state index contributed by atoms with van der Waals surface area (Å²) in [5.41, 5.74) is 3.58. The summed E-state index contributed by atoms with van der Waals surface area (Å²) in [6, 6.07) is 12.2. The van der Waals surface area contributed by atoms with Crippen LogP contribution >= 0.6 is 0 Å². The molecule has 0 amide bonds. The molecule has 0 bridgehead atoms. The third-order valence-electron chi connectivity index (χ3n) is 3.48. The van der Waals surface area contributed by atoms with E-state index in [0.29, 0.717) is 12.4 Å². The highest BCUT2D eigenvalue weighted by atomic mass is 16.5. The summed E-state index contributed by atoms with van der Waals surface area (Å²) in [4.78, 5) is 8.79. The van der Waals surface area contributed by atoms with E-state index < -0.39 is 0 Å². The maximum atomic E-state index is 5.06. The van der Waals surface area contributed by atoms with Crippen molar-refractivity contribution in [1.29, 1.82) is 0 Å². The van der Waals surface area contributed by atoms with Crippen molar-refractivity contribution in [2.75, 3.05) is 13.7 Å². The quantitative estimate of drug-likeness (QED) is 0.636. The number of methoxy groups -OCH3 is 1. The fourth-order valence-electron chi connectivity index (χ4n) is 2.12. The van der Waals surface area contributed by atoms with E-state index in [1.165, 1.54) is 11.1 Å². The maximum absolute atomic E-state index is 5.06. The number of aryl methyl sites for hydroxylation is 1. The maximum Gasteiger partial charge on any atom is 0.212 e. The van der Waals surface area contributed by atoms with Gasteiger partial charge in [0.2, 0.25) is 5.88 Å². The molecule has 5 nitrogen and oxygen atoms in total. The number of hydrogen-bond acceptors (Lipinski definition) is 3. The van der Waals surface area contributed by atoms with Crippen LogP contribution in [-0.2, 0) is 13.1 Å². The molecule has 0 aliphatic carbocycles. The molecule has 5 heteroatoms. The fraction of sp³-hybridized carbons (Fsp3) is 0.333. The van der Waals surface area contributed by atoms with Crippen LogP contribution in [-0.4, -0.2) is 24.6 Å². The Morgan fingerprint density at radius 2 is 2.00 bits per heavy atom. The number of rotatable bonds is 6. The highest BCUT2D eigenvalue weighted by molar-refractivity contribution is 5.79. The average molecular weight is 312 g/mol. The molecule has 2 N–H and O–H groups in total. The van der Waals surface area contributed by atoms with Gasteiger partial charge >= 0.3 is 0 Å². The van der Waals surface area contributed by atoms with Gasteiger partial charge in [0.15, 0.2) is 5.96 Å². The summed E-state index contributed by atoms with van der Waals surface area (Å²) >= 11 is 0. The molecule has 0 aliphatic rings. The first-order chi connectivity index (χ1) is 11.2. The Morgan fingerprint density at radius 3 is 2.65 bits per heavy atom. The molecule has 0 fully saturated rings. The lowest BCUT2D eigenvalue weighted by Gasteiger charge is -2.12. The Kier molecular flexibility index (Phi) is 6.41. The number of hydrogen-bond donors (Lipinski definition) is 2. The van der Waals surface area contributed by atoms with Gasteiger partial charge in [-0.05, 0) is 30.5 Å². The molecule has 122 valence electrons. The van der Waals surface area contributed by atoms with Gasteiger partial charge in [-0.3, -0.25) is 0 Å². The van der Waals surface area contributed by atoms with E-state index in [4.69, 9.17) is 4.74 Å². The molecule has 0 unspecified atom stereocenters. The first-order valence-corrected chi connectivity index (χ1v) is 7.78. The van der Waals surface area contributed by atoms with Gasteiger partial charge in [0.05, 0.1) is 13.7 Å². The molecule has 2 aromatic rings. The lowest BCUT2D eigenvalue weighted by atomic mass is 10.1. The normalized spacial score (nSPS) is 11.2. The molecule has 0 atom stereocenters. The third kappa shape index (κ3) is 5.29. The average Bonchev–Trinajstić information content (AvgIpc) is 2.59. The van der Waals surface area contributed by atoms with Crippen molar-refractivity contribution >= 4 is 5.96 Å². The van der Waals surface area contributed by atoms with Gasteiger partial charge in [-0.2, -0.15) is 0 Å². The number of nitrogens with zero attached hydrogens (tertiary/aromatic N) is 2. The molecule has 23 heavy (non-hydrogen) atoms. The Morgan fingerprint density at radius 1 is 1.17 bits per heavy atom. The summed E-state index contributed by atoms with van der Waals surface area (Å²) in [6.45, 7) is 6.31. The molecule has 1 aromatic heterocycles. The minimum Gasteiger partial charge on any atom is -0.481 e. The largest absolute Gasteiger partial charge is 0.481 e. The van der Waals surface area contributed by atoms with Crippen LogP contribution < -0.4 is 15.4 Å². The van der Waals surface area contributed by atoms with Crippen LogP contribution in [0.4, 0.5) is 0 Å². The second-order valence-corrected chi connectivity index (χ2v) is 5.18. The number of benzene rings is 1. The van der Waals surface area contributed by atoms with Gasteiger partial charge in [-0.15, -0.1) is 0 Å². The van der Waals surface area contributed by atoms with E-state index >= 15 is 0 Å². The van der Waals surface area contributed by atoms with Gasteiger partial charge in [0.25, 0.3) is 0 Å². The van der Waals surface area contributed by atoms with E-state index in [9.17, 15) is 0 Å². The van der Waals surface area contributed by atoms with Gasteiger partial charge in [-0.1, -0.05) is 30.3 Å². The highest BCUT2D eigenvalue weighted by Crippen LogP contribution is 2.08. The molecule has 0 saturated heterocycles. The summed E-state index contributed by atoms with van der Waals surface area (Å²) in [5.74, 6) is 1.41. The van der Waals surface area contributed by atoms with Crippen LogP contribution in [0.5, 0.6) is 5.88 Å². The SMILES string of the molecule is CCNC(=NCc1ccc(OC)nc1)NCc1ccccc1C. The van der Waals surface area contributed by atoms with Gasteiger partial charge < -0.3 is 15.4 Å². The van der Waals surface area contributed by atoms with Crippen LogP contribution in [0.15, 0.2) is 47.6 Å². The van der Waals surface area contributed by atoms with Gasteiger partial charge in [0.1, 0.15) is 0 Å². The second kappa shape index (κ2) is 8.78. The molecule has 1 heterocycles. The second-order valence-electron chi connectivity index (χ2n) is 5.18. The van der Waals surface area contributed by atoms with Crippen LogP contribution in [0.25, 0.3) is 0 Å². The Balaban J connectivity index is 1.97. The van der Waals surface area contributed by atoms with Crippen molar-refractivity contribution in [2.24, 2.45) is 4.99 Å². The van der Waals surface area contributed by atoms with E-state index in [-0.39, 0.29) is 0 Å². The van der Waals surface area contributed by atoms with Crippen LogP contribution in [0.2, 0.25) is 0 Å². The topological polar surface area (TPSA) is 58.5 Å². The molecule has 0 radical (unpaired) electrons. The summed E-state index contributed by atoms with van der Waals surface area (Å²) in [7, 11) is 1.61. The smallest absolute Gasteiger partial charge is 0.212 e. The van der Waals surface area contributed by atoms with Crippen LogP contribution in [0, 0.1) is 6.92 Å². The number of guanidine groups is 1. The van der Waals surface area contributed by atoms with Crippen molar-refractivity contribution in [3.63, 3.8) is 0 Å². The number of aliphatic imine (C=N–C) groups is 1. The van der Waals surface area contributed by atoms with Crippen LogP contribution in [0.1, 0.15) is 23.6 Å². The van der Waals surface area contributed by atoms with Crippen molar-refractivity contribution < 1.29 is 4.74 Å². The number of aromatic nitrogens is 1. The molecule has 1 aromatic carbocycles. The summed E-state index contributed by atoms with van der Waals surface area (Å²) in [6.07, 6.45) is 1.78. The van der Waals surface area contributed by atoms with E-state index in [1.807, 2.05) is 12.1 Å². The van der Waals surface area contributed by atoms with E-state index in [1.54, 1.807) is 13.3 Å². The zero-order valence-electron chi connectivity index (χ0n) is 14.0. The van der Waals surface area contributed by atoms with E-state index in [2.05, 4.69) is 58.7 Å². The van der Waals surface area contributed by atoms with Gasteiger partial charge in [0, 0.05) is 25.4 Å². The highest BCUT2D eigenvalue weighted by Gasteiger charge is 2.01. The van der Waals surface area contributed by atoms with E-state index in [0.717, 1.165) is 24.6 Å². The lowest BCUT2D eigenvalue weighted by molar-refractivity contribution is 0.397. The first-order valence-electron chi connectivity index (χ1n) is 7.78. The molecule has 2 rings (SSSR count). The Hall–Kier alpha value is -2.56. The molecule has 0 spiro atoms. The third-order valence-corrected chi connectivity index (χ3v) is 3.48. The lowest BCUT2D eigenvalue weighted by Crippen LogP contribution is -2.36. The monoisotopic (exact) mass is 312 g/mol. The Labute approximate surface area is 137 Å². The predicted octanol–water partition coefficient (Wildman–Crippen LogP) is 2.65. The number of nitrogens with one attached hydrogen (secondary N) is 2. The molecular formula is C18H24N4O.